The van der Waals surface area contributed by atoms with Crippen LogP contribution in [0.1, 0.15) is 36.7 Å². The van der Waals surface area contributed by atoms with Crippen LogP contribution in [0, 0.1) is 0 Å². The van der Waals surface area contributed by atoms with Crippen LogP contribution in [0.3, 0.4) is 0 Å². The van der Waals surface area contributed by atoms with E-state index in [1.165, 1.54) is 5.56 Å². The van der Waals surface area contributed by atoms with Crippen LogP contribution >= 0.6 is 0 Å². The van der Waals surface area contributed by atoms with E-state index in [0.717, 1.165) is 23.4 Å². The first-order chi connectivity index (χ1) is 11.6. The highest BCUT2D eigenvalue weighted by molar-refractivity contribution is 5.80. The molecule has 1 aliphatic heterocycles. The molecule has 0 bridgehead atoms. The third kappa shape index (κ3) is 2.39. The molecule has 1 aromatic heterocycles. The molecule has 2 heterocycles. The van der Waals surface area contributed by atoms with Gasteiger partial charge in [0.05, 0.1) is 17.1 Å². The summed E-state index contributed by atoms with van der Waals surface area (Å²) >= 11 is 0. The summed E-state index contributed by atoms with van der Waals surface area (Å²) in [4.78, 5) is 18.7. The first-order valence-electron chi connectivity index (χ1n) is 8.41. The predicted molar refractivity (Wildman–Crippen MR) is 95.0 cm³/mol. The molecule has 1 aliphatic rings. The number of amides is 1. The molecule has 2 aromatic carbocycles. The van der Waals surface area contributed by atoms with Crippen molar-refractivity contribution in [2.45, 2.75) is 25.3 Å². The van der Waals surface area contributed by atoms with Crippen molar-refractivity contribution in [1.82, 2.24) is 14.5 Å². The normalized spacial score (nSPS) is 19.2. The van der Waals surface area contributed by atoms with E-state index in [-0.39, 0.29) is 17.9 Å². The maximum absolute atomic E-state index is 12.0. The molecule has 0 saturated carbocycles. The maximum atomic E-state index is 12.0. The number of nitrogens with zero attached hydrogens (tertiary/aromatic N) is 3. The summed E-state index contributed by atoms with van der Waals surface area (Å²) in [5.74, 6) is 1.37. The van der Waals surface area contributed by atoms with Gasteiger partial charge >= 0.3 is 0 Å². The number of carbonyl (C=O) groups is 1. The molecule has 2 atom stereocenters. The molecule has 1 amide bonds. The van der Waals surface area contributed by atoms with Gasteiger partial charge in [-0.25, -0.2) is 4.98 Å². The Labute approximate surface area is 141 Å². The number of hydrogen-bond acceptors (Lipinski definition) is 2. The monoisotopic (exact) mass is 319 g/mol. The Balaban J connectivity index is 1.86. The lowest BCUT2D eigenvalue weighted by Crippen LogP contribution is -2.20. The van der Waals surface area contributed by atoms with Gasteiger partial charge in [0, 0.05) is 25.9 Å². The van der Waals surface area contributed by atoms with E-state index in [9.17, 15) is 4.79 Å². The van der Waals surface area contributed by atoms with Crippen LogP contribution in [0.5, 0.6) is 0 Å². The van der Waals surface area contributed by atoms with Crippen LogP contribution in [0.4, 0.5) is 0 Å². The molecular formula is C20H21N3O. The number of carbonyl (C=O) groups excluding carboxylic acids is 1. The van der Waals surface area contributed by atoms with E-state index >= 15 is 0 Å². The zero-order valence-corrected chi connectivity index (χ0v) is 14.0. The van der Waals surface area contributed by atoms with Crippen molar-refractivity contribution in [3.63, 3.8) is 0 Å². The number of likely N-dealkylation sites (tertiary alicyclic amines) is 1. The number of fused-ring (bicyclic) bond motifs is 1. The van der Waals surface area contributed by atoms with E-state index in [1.807, 2.05) is 36.2 Å². The average molecular weight is 319 g/mol. The topological polar surface area (TPSA) is 38.1 Å². The Morgan fingerprint density at radius 1 is 1.08 bits per heavy atom. The van der Waals surface area contributed by atoms with E-state index in [0.29, 0.717) is 6.42 Å². The molecule has 4 rings (SSSR count). The summed E-state index contributed by atoms with van der Waals surface area (Å²) in [5, 5.41) is 0. The van der Waals surface area contributed by atoms with Crippen molar-refractivity contribution >= 4 is 16.9 Å². The molecule has 1 saturated heterocycles. The minimum absolute atomic E-state index is 0.154. The Bertz CT molecular complexity index is 884. The van der Waals surface area contributed by atoms with Crippen LogP contribution in [-0.2, 0) is 4.79 Å². The van der Waals surface area contributed by atoms with Gasteiger partial charge in [-0.2, -0.15) is 0 Å². The van der Waals surface area contributed by atoms with Crippen molar-refractivity contribution in [2.24, 2.45) is 0 Å². The highest BCUT2D eigenvalue weighted by atomic mass is 16.2. The third-order valence-corrected chi connectivity index (χ3v) is 5.00. The maximum Gasteiger partial charge on any atom is 0.223 e. The molecule has 0 spiro atoms. The van der Waals surface area contributed by atoms with Crippen LogP contribution in [0.25, 0.3) is 11.0 Å². The number of imidazole rings is 1. The third-order valence-electron chi connectivity index (χ3n) is 5.00. The molecule has 0 N–H and O–H groups in total. The number of aromatic nitrogens is 2. The van der Waals surface area contributed by atoms with Crippen LogP contribution in [-0.4, -0.2) is 34.0 Å². The highest BCUT2D eigenvalue weighted by Gasteiger charge is 2.32. The zero-order valence-electron chi connectivity index (χ0n) is 14.0. The SMILES string of the molecule is CC(c1ccccc1)n1c(C2CC(=O)N(C)C2)nc2ccccc21. The summed E-state index contributed by atoms with van der Waals surface area (Å²) in [6, 6.07) is 18.9. The summed E-state index contributed by atoms with van der Waals surface area (Å²) in [6.45, 7) is 2.94. The van der Waals surface area contributed by atoms with Gasteiger partial charge in [-0.05, 0) is 24.6 Å². The van der Waals surface area contributed by atoms with Gasteiger partial charge in [0.15, 0.2) is 0 Å². The lowest BCUT2D eigenvalue weighted by atomic mass is 10.0. The minimum Gasteiger partial charge on any atom is -0.345 e. The van der Waals surface area contributed by atoms with Gasteiger partial charge in [0.1, 0.15) is 5.82 Å². The number of hydrogen-bond donors (Lipinski definition) is 0. The number of rotatable bonds is 3. The molecular weight excluding hydrogens is 298 g/mol. The molecule has 0 radical (unpaired) electrons. The molecule has 4 heteroatoms. The summed E-state index contributed by atoms with van der Waals surface area (Å²) in [7, 11) is 1.87. The average Bonchev–Trinajstić information content (AvgIpc) is 3.15. The van der Waals surface area contributed by atoms with Gasteiger partial charge in [-0.15, -0.1) is 0 Å². The van der Waals surface area contributed by atoms with Crippen molar-refractivity contribution < 1.29 is 4.79 Å². The van der Waals surface area contributed by atoms with Gasteiger partial charge in [-0.1, -0.05) is 42.5 Å². The highest BCUT2D eigenvalue weighted by Crippen LogP contribution is 2.33. The molecule has 0 aliphatic carbocycles. The van der Waals surface area contributed by atoms with Gasteiger partial charge in [-0.3, -0.25) is 4.79 Å². The second-order valence-corrected chi connectivity index (χ2v) is 6.59. The van der Waals surface area contributed by atoms with Gasteiger partial charge in [0.25, 0.3) is 0 Å². The Kier molecular flexibility index (Phi) is 3.60. The lowest BCUT2D eigenvalue weighted by Gasteiger charge is -2.20. The Morgan fingerprint density at radius 2 is 1.79 bits per heavy atom. The van der Waals surface area contributed by atoms with Crippen LogP contribution in [0.2, 0.25) is 0 Å². The Morgan fingerprint density at radius 3 is 2.50 bits per heavy atom. The molecule has 122 valence electrons. The lowest BCUT2D eigenvalue weighted by molar-refractivity contribution is -0.126. The van der Waals surface area contributed by atoms with Crippen LogP contribution in [0.15, 0.2) is 54.6 Å². The fourth-order valence-electron chi connectivity index (χ4n) is 3.68. The molecule has 4 nitrogen and oxygen atoms in total. The smallest absolute Gasteiger partial charge is 0.223 e. The largest absolute Gasteiger partial charge is 0.345 e. The summed E-state index contributed by atoms with van der Waals surface area (Å²) < 4.78 is 2.31. The number of benzene rings is 2. The molecule has 24 heavy (non-hydrogen) atoms. The molecule has 2 unspecified atom stereocenters. The first-order valence-corrected chi connectivity index (χ1v) is 8.41. The first kappa shape index (κ1) is 14.9. The van der Waals surface area contributed by atoms with E-state index in [4.69, 9.17) is 4.98 Å². The van der Waals surface area contributed by atoms with Gasteiger partial charge in [0.2, 0.25) is 5.91 Å². The summed E-state index contributed by atoms with van der Waals surface area (Å²) in [6.07, 6.45) is 0.543. The second kappa shape index (κ2) is 5.78. The van der Waals surface area contributed by atoms with Crippen molar-refractivity contribution in [3.05, 3.63) is 66.0 Å². The quantitative estimate of drug-likeness (QED) is 0.740. The van der Waals surface area contributed by atoms with E-state index < -0.39 is 0 Å². The second-order valence-electron chi connectivity index (χ2n) is 6.59. The minimum atomic E-state index is 0.154. The molecule has 3 aromatic rings. The fourth-order valence-corrected chi connectivity index (χ4v) is 3.68. The van der Waals surface area contributed by atoms with Crippen molar-refractivity contribution in [3.8, 4) is 0 Å². The van der Waals surface area contributed by atoms with E-state index in [1.54, 1.807) is 0 Å². The zero-order chi connectivity index (χ0) is 16.7. The number of para-hydroxylation sites is 2. The summed E-state index contributed by atoms with van der Waals surface area (Å²) in [5.41, 5.74) is 3.38. The Hall–Kier alpha value is -2.62. The fraction of sp³-hybridized carbons (Fsp3) is 0.300. The van der Waals surface area contributed by atoms with Crippen LogP contribution < -0.4 is 0 Å². The van der Waals surface area contributed by atoms with Crippen molar-refractivity contribution in [1.29, 1.82) is 0 Å². The predicted octanol–water partition coefficient (Wildman–Crippen LogP) is 3.59. The van der Waals surface area contributed by atoms with Crippen molar-refractivity contribution in [2.75, 3.05) is 13.6 Å². The standard InChI is InChI=1S/C20H21N3O/c1-14(15-8-4-3-5-9-15)23-18-11-7-6-10-17(18)21-20(23)16-12-19(24)22(2)13-16/h3-11,14,16H,12-13H2,1-2H3. The van der Waals surface area contributed by atoms with E-state index in [2.05, 4.69) is 41.8 Å². The molecule has 1 fully saturated rings. The van der Waals surface area contributed by atoms with Gasteiger partial charge < -0.3 is 9.47 Å². The number of likely N-dealkylation sites (N-methyl/N-ethyl adjacent to an activating group) is 1.